The van der Waals surface area contributed by atoms with Crippen LogP contribution in [-0.4, -0.2) is 52.6 Å². The fourth-order valence-electron chi connectivity index (χ4n) is 4.32. The van der Waals surface area contributed by atoms with Crippen LogP contribution in [0.5, 0.6) is 0 Å². The van der Waals surface area contributed by atoms with Crippen molar-refractivity contribution in [2.75, 3.05) is 19.7 Å². The van der Waals surface area contributed by atoms with Gasteiger partial charge in [-0.05, 0) is 30.2 Å². The second-order valence-electron chi connectivity index (χ2n) is 7.35. The van der Waals surface area contributed by atoms with Crippen LogP contribution in [0.4, 0.5) is 0 Å². The van der Waals surface area contributed by atoms with E-state index in [-0.39, 0.29) is 30.5 Å². The maximum Gasteiger partial charge on any atom is 0.237 e. The molecule has 2 saturated heterocycles. The Bertz CT molecular complexity index is 791. The standard InChI is InChI=1S/C21H23BrN2O2/c1-14-2-4-15(5-3-14)10-23-11-18-21(16-6-8-17(22)9-7-16)19(13-25)24(18)20(26)12-23/h2-9,18-19,21,25H,10-13H2,1H3/t18-,19-,21+/m0/s1. The van der Waals surface area contributed by atoms with E-state index in [1.54, 1.807) is 0 Å². The zero-order chi connectivity index (χ0) is 18.3. The molecule has 0 bridgehead atoms. The number of rotatable bonds is 4. The number of carbonyl (C=O) groups excluding carboxylic acids is 1. The third-order valence-electron chi connectivity index (χ3n) is 5.60. The monoisotopic (exact) mass is 414 g/mol. The van der Waals surface area contributed by atoms with E-state index in [9.17, 15) is 9.90 Å². The van der Waals surface area contributed by atoms with Gasteiger partial charge in [-0.3, -0.25) is 9.69 Å². The summed E-state index contributed by atoms with van der Waals surface area (Å²) in [6.07, 6.45) is 0. The lowest BCUT2D eigenvalue weighted by molar-refractivity contribution is -0.162. The topological polar surface area (TPSA) is 43.8 Å². The van der Waals surface area contributed by atoms with Gasteiger partial charge in [0.1, 0.15) is 0 Å². The number of aliphatic hydroxyl groups is 1. The van der Waals surface area contributed by atoms with Gasteiger partial charge in [0, 0.05) is 23.5 Å². The lowest BCUT2D eigenvalue weighted by Gasteiger charge is -2.59. The molecule has 4 rings (SSSR count). The summed E-state index contributed by atoms with van der Waals surface area (Å²) in [5.74, 6) is 0.318. The van der Waals surface area contributed by atoms with Crippen LogP contribution in [0.1, 0.15) is 22.6 Å². The average Bonchev–Trinajstić information content (AvgIpc) is 2.61. The van der Waals surface area contributed by atoms with Gasteiger partial charge < -0.3 is 10.0 Å². The summed E-state index contributed by atoms with van der Waals surface area (Å²) in [4.78, 5) is 16.8. The number of hydrogen-bond donors (Lipinski definition) is 1. The van der Waals surface area contributed by atoms with Crippen molar-refractivity contribution in [3.8, 4) is 0 Å². The second kappa shape index (κ2) is 7.14. The quantitative estimate of drug-likeness (QED) is 0.836. The number of piperazine rings is 1. The maximum absolute atomic E-state index is 12.7. The van der Waals surface area contributed by atoms with Gasteiger partial charge in [-0.2, -0.15) is 0 Å². The molecule has 136 valence electrons. The predicted molar refractivity (Wildman–Crippen MR) is 105 cm³/mol. The highest BCUT2D eigenvalue weighted by molar-refractivity contribution is 9.10. The highest BCUT2D eigenvalue weighted by Gasteiger charge is 2.53. The van der Waals surface area contributed by atoms with Crippen molar-refractivity contribution in [2.45, 2.75) is 31.5 Å². The molecule has 0 saturated carbocycles. The van der Waals surface area contributed by atoms with Crippen molar-refractivity contribution in [3.05, 3.63) is 69.7 Å². The van der Waals surface area contributed by atoms with E-state index in [0.717, 1.165) is 17.6 Å². The molecular formula is C21H23BrN2O2. The van der Waals surface area contributed by atoms with Crippen molar-refractivity contribution < 1.29 is 9.90 Å². The zero-order valence-electron chi connectivity index (χ0n) is 14.8. The molecule has 1 amide bonds. The number of amides is 1. The summed E-state index contributed by atoms with van der Waals surface area (Å²) in [7, 11) is 0. The van der Waals surface area contributed by atoms with Crippen LogP contribution in [0.15, 0.2) is 53.0 Å². The number of benzene rings is 2. The molecule has 0 unspecified atom stereocenters. The van der Waals surface area contributed by atoms with Crippen LogP contribution < -0.4 is 0 Å². The van der Waals surface area contributed by atoms with Crippen LogP contribution >= 0.6 is 15.9 Å². The number of nitrogens with zero attached hydrogens (tertiary/aromatic N) is 2. The first-order valence-corrected chi connectivity index (χ1v) is 9.81. The van der Waals surface area contributed by atoms with E-state index >= 15 is 0 Å². The molecular weight excluding hydrogens is 392 g/mol. The van der Waals surface area contributed by atoms with Crippen LogP contribution in [0.2, 0.25) is 0 Å². The van der Waals surface area contributed by atoms with Gasteiger partial charge in [0.25, 0.3) is 0 Å². The van der Waals surface area contributed by atoms with Gasteiger partial charge in [-0.25, -0.2) is 0 Å². The van der Waals surface area contributed by atoms with Gasteiger partial charge in [-0.1, -0.05) is 57.9 Å². The fourth-order valence-corrected chi connectivity index (χ4v) is 4.59. The Balaban J connectivity index is 1.53. The Morgan fingerprint density at radius 3 is 2.46 bits per heavy atom. The van der Waals surface area contributed by atoms with Gasteiger partial charge in [0.05, 0.1) is 25.2 Å². The summed E-state index contributed by atoms with van der Waals surface area (Å²) in [5, 5.41) is 9.84. The van der Waals surface area contributed by atoms with Crippen molar-refractivity contribution in [1.29, 1.82) is 0 Å². The lowest BCUT2D eigenvalue weighted by atomic mass is 9.74. The molecule has 0 aromatic heterocycles. The number of carbonyl (C=O) groups is 1. The molecule has 5 heteroatoms. The van der Waals surface area contributed by atoms with Crippen LogP contribution in [0.3, 0.4) is 0 Å². The third-order valence-corrected chi connectivity index (χ3v) is 6.13. The van der Waals surface area contributed by atoms with Gasteiger partial charge >= 0.3 is 0 Å². The van der Waals surface area contributed by atoms with Crippen molar-refractivity contribution >= 4 is 21.8 Å². The Hall–Kier alpha value is -1.69. The fraction of sp³-hybridized carbons (Fsp3) is 0.381. The Kier molecular flexibility index (Phi) is 4.86. The van der Waals surface area contributed by atoms with E-state index in [2.05, 4.69) is 64.2 Å². The first-order chi connectivity index (χ1) is 12.6. The Labute approximate surface area is 162 Å². The highest BCUT2D eigenvalue weighted by atomic mass is 79.9. The molecule has 0 spiro atoms. The van der Waals surface area contributed by atoms with Crippen molar-refractivity contribution in [3.63, 3.8) is 0 Å². The minimum absolute atomic E-state index is 0.0148. The van der Waals surface area contributed by atoms with Gasteiger partial charge in [0.15, 0.2) is 0 Å². The molecule has 4 nitrogen and oxygen atoms in total. The van der Waals surface area contributed by atoms with Crippen LogP contribution in [-0.2, 0) is 11.3 Å². The minimum Gasteiger partial charge on any atom is -0.394 e. The first kappa shape index (κ1) is 17.7. The molecule has 26 heavy (non-hydrogen) atoms. The molecule has 2 aliphatic heterocycles. The van der Waals surface area contributed by atoms with Crippen LogP contribution in [0.25, 0.3) is 0 Å². The number of halogens is 1. The Morgan fingerprint density at radius 2 is 1.81 bits per heavy atom. The molecule has 2 fully saturated rings. The van der Waals surface area contributed by atoms with Crippen LogP contribution in [0, 0.1) is 6.92 Å². The average molecular weight is 415 g/mol. The molecule has 0 radical (unpaired) electrons. The van der Waals surface area contributed by atoms with E-state index in [0.29, 0.717) is 6.54 Å². The second-order valence-corrected chi connectivity index (χ2v) is 8.27. The summed E-state index contributed by atoms with van der Waals surface area (Å²) in [5.41, 5.74) is 3.67. The molecule has 2 aliphatic rings. The van der Waals surface area contributed by atoms with Gasteiger partial charge in [-0.15, -0.1) is 0 Å². The third kappa shape index (κ3) is 3.20. The van der Waals surface area contributed by atoms with E-state index in [1.165, 1.54) is 16.7 Å². The maximum atomic E-state index is 12.7. The number of aryl methyl sites for hydroxylation is 1. The molecule has 3 atom stereocenters. The van der Waals surface area contributed by atoms with E-state index in [4.69, 9.17) is 0 Å². The number of hydrogen-bond acceptors (Lipinski definition) is 3. The van der Waals surface area contributed by atoms with E-state index in [1.807, 2.05) is 17.0 Å². The van der Waals surface area contributed by atoms with E-state index < -0.39 is 0 Å². The Morgan fingerprint density at radius 1 is 1.12 bits per heavy atom. The molecule has 2 aromatic carbocycles. The predicted octanol–water partition coefficient (Wildman–Crippen LogP) is 2.93. The number of fused-ring (bicyclic) bond motifs is 1. The highest BCUT2D eigenvalue weighted by Crippen LogP contribution is 2.43. The summed E-state index contributed by atoms with van der Waals surface area (Å²) < 4.78 is 1.04. The SMILES string of the molecule is Cc1ccc(CN2CC(=O)N3[C@@H](CO)[C@H](c4ccc(Br)cc4)[C@@H]3C2)cc1. The minimum atomic E-state index is -0.102. The van der Waals surface area contributed by atoms with Crippen molar-refractivity contribution in [2.24, 2.45) is 0 Å². The molecule has 1 N–H and O–H groups in total. The lowest BCUT2D eigenvalue weighted by Crippen LogP contribution is -2.72. The first-order valence-electron chi connectivity index (χ1n) is 9.02. The molecule has 0 aliphatic carbocycles. The summed E-state index contributed by atoms with van der Waals surface area (Å²) in [6.45, 7) is 4.15. The number of aliphatic hydroxyl groups excluding tert-OH is 1. The smallest absolute Gasteiger partial charge is 0.237 e. The summed E-state index contributed by atoms with van der Waals surface area (Å²) in [6, 6.07) is 16.8. The molecule has 2 aromatic rings. The summed E-state index contributed by atoms with van der Waals surface area (Å²) >= 11 is 3.47. The molecule has 2 heterocycles. The zero-order valence-corrected chi connectivity index (χ0v) is 16.4. The largest absolute Gasteiger partial charge is 0.394 e. The van der Waals surface area contributed by atoms with Gasteiger partial charge in [0.2, 0.25) is 5.91 Å². The normalized spacial score (nSPS) is 25.7. The van der Waals surface area contributed by atoms with Crippen molar-refractivity contribution in [1.82, 2.24) is 9.80 Å².